The van der Waals surface area contributed by atoms with Gasteiger partial charge < -0.3 is 20.6 Å². The zero-order chi connectivity index (χ0) is 23.9. The zero-order valence-corrected chi connectivity index (χ0v) is 19.9. The number of nitrogens with one attached hydrogen (secondary N) is 3. The Hall–Kier alpha value is -2.11. The van der Waals surface area contributed by atoms with Crippen LogP contribution in [-0.2, 0) is 10.0 Å². The first-order valence-corrected chi connectivity index (χ1v) is 12.6. The number of phenols is 1. The number of anilines is 2. The van der Waals surface area contributed by atoms with Crippen LogP contribution in [0, 0.1) is 5.82 Å². The lowest BCUT2D eigenvalue weighted by molar-refractivity contribution is 0.157. The van der Waals surface area contributed by atoms with Crippen molar-refractivity contribution in [1.29, 1.82) is 0 Å². The average molecular weight is 517 g/mol. The van der Waals surface area contributed by atoms with Gasteiger partial charge >= 0.3 is 6.03 Å². The molecule has 2 bridgehead atoms. The summed E-state index contributed by atoms with van der Waals surface area (Å²) in [6.07, 6.45) is 3.38. The molecule has 2 saturated heterocycles. The Morgan fingerprint density at radius 3 is 2.39 bits per heavy atom. The zero-order valence-electron chi connectivity index (χ0n) is 17.6. The number of amides is 2. The number of sulfonamides is 1. The Balaban J connectivity index is 1.52. The highest BCUT2D eigenvalue weighted by Gasteiger charge is 2.40. The van der Waals surface area contributed by atoms with E-state index in [0.29, 0.717) is 24.9 Å². The number of aromatic hydroxyl groups is 1. The Bertz CT molecular complexity index is 1180. The van der Waals surface area contributed by atoms with Crippen molar-refractivity contribution < 1.29 is 22.7 Å². The highest BCUT2D eigenvalue weighted by Crippen LogP contribution is 2.39. The maximum Gasteiger partial charge on any atom is 0.323 e. The minimum Gasteiger partial charge on any atom is -0.504 e. The van der Waals surface area contributed by atoms with E-state index in [1.165, 1.54) is 24.3 Å². The summed E-state index contributed by atoms with van der Waals surface area (Å²) in [6, 6.07) is 5.90. The summed E-state index contributed by atoms with van der Waals surface area (Å²) in [6.45, 7) is 0. The van der Waals surface area contributed by atoms with Gasteiger partial charge in [-0.25, -0.2) is 22.3 Å². The normalized spacial score (nSPS) is 22.8. The molecule has 0 radical (unpaired) electrons. The molecule has 178 valence electrons. The Morgan fingerprint density at radius 1 is 1.09 bits per heavy atom. The van der Waals surface area contributed by atoms with Crippen molar-refractivity contribution in [3.05, 3.63) is 46.2 Å². The molecule has 4 rings (SSSR count). The van der Waals surface area contributed by atoms with Gasteiger partial charge in [-0.1, -0.05) is 29.3 Å². The molecule has 2 fully saturated rings. The van der Waals surface area contributed by atoms with Crippen molar-refractivity contribution in [2.24, 2.45) is 0 Å². The molecule has 8 nitrogen and oxygen atoms in total. The van der Waals surface area contributed by atoms with Crippen molar-refractivity contribution in [2.45, 2.75) is 48.7 Å². The third kappa shape index (κ3) is 4.90. The number of hydrogen-bond donors (Lipinski definition) is 4. The number of nitrogens with zero attached hydrogens (tertiary/aromatic N) is 1. The second-order valence-corrected chi connectivity index (χ2v) is 10.7. The highest BCUT2D eigenvalue weighted by molar-refractivity contribution is 7.89. The van der Waals surface area contributed by atoms with Crippen LogP contribution in [0.1, 0.15) is 25.7 Å². The summed E-state index contributed by atoms with van der Waals surface area (Å²) in [5.41, 5.74) is -0.178. The van der Waals surface area contributed by atoms with Crippen molar-refractivity contribution in [3.8, 4) is 5.75 Å². The molecule has 2 aromatic carbocycles. The van der Waals surface area contributed by atoms with Gasteiger partial charge in [-0.05, 0) is 57.0 Å². The number of phenolic OH excluding ortho intramolecular Hbond substituents is 1. The molecular weight excluding hydrogens is 494 g/mol. The lowest BCUT2D eigenvalue weighted by Gasteiger charge is -2.36. The summed E-state index contributed by atoms with van der Waals surface area (Å²) in [5.74, 6) is -1.42. The van der Waals surface area contributed by atoms with Crippen LogP contribution < -0.4 is 15.4 Å². The molecule has 0 aromatic heterocycles. The number of benzene rings is 2. The van der Waals surface area contributed by atoms with Crippen LogP contribution in [0.3, 0.4) is 0 Å². The van der Waals surface area contributed by atoms with E-state index in [1.54, 1.807) is 0 Å². The highest BCUT2D eigenvalue weighted by atomic mass is 35.5. The molecule has 33 heavy (non-hydrogen) atoms. The van der Waals surface area contributed by atoms with Gasteiger partial charge in [-0.15, -0.1) is 0 Å². The Labute approximate surface area is 201 Å². The first-order chi connectivity index (χ1) is 15.6. The maximum absolute atomic E-state index is 13.6. The van der Waals surface area contributed by atoms with E-state index in [-0.39, 0.29) is 27.5 Å². The standard InChI is InChI=1S/C21H23Cl2FN4O4S/c1-28-12-5-6-13(28)10-11(9-12)27-33(31,32)20-14(22)7-8-17(19(20)29)26-21(30)25-16-4-2-3-15(24)18(16)23/h2-4,7-8,11-13,27,29H,5-6,9-10H2,1H3,(H2,25,26,30)/t11-,12-,13+. The fourth-order valence-electron chi connectivity index (χ4n) is 4.57. The van der Waals surface area contributed by atoms with Crippen LogP contribution in [0.2, 0.25) is 10.0 Å². The quantitative estimate of drug-likeness (QED) is 0.440. The minimum absolute atomic E-state index is 0.00836. The van der Waals surface area contributed by atoms with Gasteiger partial charge in [-0.3, -0.25) is 0 Å². The van der Waals surface area contributed by atoms with Gasteiger partial charge in [0.05, 0.1) is 21.4 Å². The SMILES string of the molecule is CN1[C@@H]2CC[C@H]1C[C@H](NS(=O)(=O)c1c(Cl)ccc(NC(=O)Nc3cccc(F)c3Cl)c1O)C2. The molecule has 0 unspecified atom stereocenters. The number of urea groups is 1. The van der Waals surface area contributed by atoms with Gasteiger partial charge in [0.2, 0.25) is 10.0 Å². The topological polar surface area (TPSA) is 111 Å². The third-order valence-electron chi connectivity index (χ3n) is 6.22. The molecule has 2 aliphatic rings. The van der Waals surface area contributed by atoms with E-state index in [4.69, 9.17) is 23.2 Å². The fraction of sp³-hybridized carbons (Fsp3) is 0.381. The molecule has 0 spiro atoms. The summed E-state index contributed by atoms with van der Waals surface area (Å²) in [4.78, 5) is 14.1. The van der Waals surface area contributed by atoms with Crippen molar-refractivity contribution in [1.82, 2.24) is 9.62 Å². The van der Waals surface area contributed by atoms with Crippen molar-refractivity contribution in [3.63, 3.8) is 0 Å². The molecule has 0 saturated carbocycles. The van der Waals surface area contributed by atoms with E-state index in [9.17, 15) is 22.7 Å². The molecular formula is C21H23Cl2FN4O4S. The maximum atomic E-state index is 13.6. The summed E-state index contributed by atoms with van der Waals surface area (Å²) in [7, 11) is -2.13. The lowest BCUT2D eigenvalue weighted by atomic mass is 9.99. The number of halogens is 3. The Kier molecular flexibility index (Phi) is 6.75. The predicted molar refractivity (Wildman–Crippen MR) is 125 cm³/mol. The second-order valence-electron chi connectivity index (χ2n) is 8.29. The Morgan fingerprint density at radius 2 is 1.73 bits per heavy atom. The van der Waals surface area contributed by atoms with Crippen molar-refractivity contribution in [2.75, 3.05) is 17.7 Å². The third-order valence-corrected chi connectivity index (χ3v) is 8.63. The van der Waals surface area contributed by atoms with Gasteiger partial charge in [0.1, 0.15) is 10.7 Å². The van der Waals surface area contributed by atoms with Crippen LogP contribution in [-0.4, -0.2) is 49.6 Å². The molecule has 2 heterocycles. The van der Waals surface area contributed by atoms with E-state index in [0.717, 1.165) is 18.9 Å². The number of hydrogen-bond acceptors (Lipinski definition) is 5. The first kappa shape index (κ1) is 24.0. The smallest absolute Gasteiger partial charge is 0.323 e. The number of fused-ring (bicyclic) bond motifs is 2. The second kappa shape index (κ2) is 9.27. The predicted octanol–water partition coefficient (Wildman–Crippen LogP) is 4.39. The van der Waals surface area contributed by atoms with Crippen LogP contribution in [0.15, 0.2) is 35.2 Å². The van der Waals surface area contributed by atoms with E-state index in [2.05, 4.69) is 20.3 Å². The lowest BCUT2D eigenvalue weighted by Crippen LogP contribution is -2.48. The van der Waals surface area contributed by atoms with Crippen LogP contribution in [0.4, 0.5) is 20.6 Å². The number of carbonyl (C=O) groups excluding carboxylic acids is 1. The number of carbonyl (C=O) groups is 1. The van der Waals surface area contributed by atoms with E-state index < -0.39 is 32.5 Å². The molecule has 4 N–H and O–H groups in total. The van der Waals surface area contributed by atoms with Gasteiger partial charge in [-0.2, -0.15) is 0 Å². The fourth-order valence-corrected chi connectivity index (χ4v) is 6.63. The van der Waals surface area contributed by atoms with Crippen LogP contribution in [0.5, 0.6) is 5.75 Å². The van der Waals surface area contributed by atoms with Gasteiger partial charge in [0.15, 0.2) is 5.75 Å². The largest absolute Gasteiger partial charge is 0.504 e. The first-order valence-electron chi connectivity index (χ1n) is 10.3. The van der Waals surface area contributed by atoms with Gasteiger partial charge in [0, 0.05) is 18.1 Å². The molecule has 3 atom stereocenters. The molecule has 0 aliphatic carbocycles. The minimum atomic E-state index is -4.18. The number of piperidine rings is 1. The molecule has 2 aromatic rings. The van der Waals surface area contributed by atoms with Crippen LogP contribution >= 0.6 is 23.2 Å². The van der Waals surface area contributed by atoms with E-state index >= 15 is 0 Å². The molecule has 2 aliphatic heterocycles. The van der Waals surface area contributed by atoms with Gasteiger partial charge in [0.25, 0.3) is 0 Å². The average Bonchev–Trinajstić information content (AvgIpc) is 2.94. The summed E-state index contributed by atoms with van der Waals surface area (Å²) >= 11 is 12.0. The van der Waals surface area contributed by atoms with Crippen molar-refractivity contribution >= 4 is 50.6 Å². The molecule has 2 amide bonds. The van der Waals surface area contributed by atoms with Crippen LogP contribution in [0.25, 0.3) is 0 Å². The molecule has 12 heteroatoms. The number of rotatable bonds is 5. The summed E-state index contributed by atoms with van der Waals surface area (Å²) in [5, 5.41) is 14.9. The van der Waals surface area contributed by atoms with E-state index in [1.807, 2.05) is 7.05 Å². The summed E-state index contributed by atoms with van der Waals surface area (Å²) < 4.78 is 42.5. The monoisotopic (exact) mass is 516 g/mol.